The van der Waals surface area contributed by atoms with Gasteiger partial charge in [0.15, 0.2) is 17.5 Å². The van der Waals surface area contributed by atoms with Crippen LogP contribution in [-0.2, 0) is 0 Å². The number of rotatable bonds is 6. The van der Waals surface area contributed by atoms with Crippen LogP contribution in [0, 0.1) is 0 Å². The highest BCUT2D eigenvalue weighted by Gasteiger charge is 2.21. The number of para-hydroxylation sites is 2. The van der Waals surface area contributed by atoms with E-state index < -0.39 is 0 Å². The van der Waals surface area contributed by atoms with Crippen LogP contribution < -0.4 is 0 Å². The van der Waals surface area contributed by atoms with Crippen molar-refractivity contribution < 1.29 is 0 Å². The van der Waals surface area contributed by atoms with Crippen LogP contribution in [0.5, 0.6) is 0 Å². The van der Waals surface area contributed by atoms with E-state index in [1.54, 1.807) is 11.3 Å². The summed E-state index contributed by atoms with van der Waals surface area (Å²) in [6.07, 6.45) is 0. The number of benzene rings is 8. The zero-order valence-electron chi connectivity index (χ0n) is 30.2. The Labute approximate surface area is 327 Å². The van der Waals surface area contributed by atoms with Crippen LogP contribution >= 0.6 is 11.3 Å². The summed E-state index contributed by atoms with van der Waals surface area (Å²) in [4.78, 5) is 15.7. The van der Waals surface area contributed by atoms with Crippen molar-refractivity contribution in [3.05, 3.63) is 194 Å². The van der Waals surface area contributed by atoms with Gasteiger partial charge in [-0.15, -0.1) is 11.3 Å². The zero-order chi connectivity index (χ0) is 37.0. The van der Waals surface area contributed by atoms with Crippen LogP contribution in [0.25, 0.3) is 104 Å². The van der Waals surface area contributed by atoms with E-state index in [9.17, 15) is 0 Å². The molecule has 4 nitrogen and oxygen atoms in total. The summed E-state index contributed by atoms with van der Waals surface area (Å²) in [6.45, 7) is 0. The molecule has 3 heterocycles. The lowest BCUT2D eigenvalue weighted by Crippen LogP contribution is -2.00. The van der Waals surface area contributed by atoms with Crippen LogP contribution in [-0.4, -0.2) is 19.5 Å². The van der Waals surface area contributed by atoms with E-state index in [4.69, 9.17) is 15.0 Å². The molecule has 0 saturated carbocycles. The van der Waals surface area contributed by atoms with Crippen molar-refractivity contribution >= 4 is 53.3 Å². The maximum atomic E-state index is 5.33. The zero-order valence-corrected chi connectivity index (χ0v) is 31.0. The van der Waals surface area contributed by atoms with E-state index in [2.05, 4.69) is 180 Å². The van der Waals surface area contributed by atoms with Crippen LogP contribution in [0.3, 0.4) is 0 Å². The van der Waals surface area contributed by atoms with Gasteiger partial charge in [0.1, 0.15) is 0 Å². The smallest absolute Gasteiger partial charge is 0.165 e. The molecule has 0 unspecified atom stereocenters. The first-order valence-electron chi connectivity index (χ1n) is 18.8. The predicted molar refractivity (Wildman–Crippen MR) is 234 cm³/mol. The number of hydrogen-bond donors (Lipinski definition) is 0. The third kappa shape index (κ3) is 5.40. The number of thiophene rings is 1. The van der Waals surface area contributed by atoms with Gasteiger partial charge in [-0.2, -0.15) is 0 Å². The monoisotopic (exact) mass is 732 g/mol. The van der Waals surface area contributed by atoms with Crippen molar-refractivity contribution in [3.63, 3.8) is 0 Å². The fraction of sp³-hybridized carbons (Fsp3) is 0. The normalized spacial score (nSPS) is 11.6. The molecule has 0 fully saturated rings. The van der Waals surface area contributed by atoms with Gasteiger partial charge in [-0.25, -0.2) is 15.0 Å². The highest BCUT2D eigenvalue weighted by molar-refractivity contribution is 7.26. The van der Waals surface area contributed by atoms with E-state index in [1.165, 1.54) is 37.7 Å². The summed E-state index contributed by atoms with van der Waals surface area (Å²) in [5, 5.41) is 4.70. The fourth-order valence-corrected chi connectivity index (χ4v) is 9.23. The van der Waals surface area contributed by atoms with Gasteiger partial charge < -0.3 is 4.57 Å². The van der Waals surface area contributed by atoms with Gasteiger partial charge in [-0.1, -0.05) is 152 Å². The second-order valence-electron chi connectivity index (χ2n) is 14.0. The number of hydrogen-bond acceptors (Lipinski definition) is 4. The predicted octanol–water partition coefficient (Wildman–Crippen LogP) is 13.7. The van der Waals surface area contributed by atoms with Crippen molar-refractivity contribution in [2.75, 3.05) is 0 Å². The van der Waals surface area contributed by atoms with E-state index in [0.29, 0.717) is 17.5 Å². The molecule has 0 saturated heterocycles. The molecule has 0 aliphatic carbocycles. The average Bonchev–Trinajstić information content (AvgIpc) is 3.83. The van der Waals surface area contributed by atoms with Crippen molar-refractivity contribution in [2.24, 2.45) is 0 Å². The Balaban J connectivity index is 1.09. The second-order valence-corrected chi connectivity index (χ2v) is 15.1. The van der Waals surface area contributed by atoms with E-state index in [1.807, 2.05) is 18.2 Å². The molecule has 11 aromatic rings. The Bertz CT molecular complexity index is 3220. The summed E-state index contributed by atoms with van der Waals surface area (Å²) in [5.74, 6) is 1.95. The molecule has 5 heteroatoms. The summed E-state index contributed by atoms with van der Waals surface area (Å²) < 4.78 is 4.72. The SMILES string of the molecule is c1ccc(-c2ccc(-c3ccc4sc5c(-c6nc(-c7ccccc7)nc(-c7cccc8c7c7ccccc7n8-c7ccccc7)n6)cccc5c4c3)cc2)cc1. The average molecular weight is 733 g/mol. The molecule has 0 aliphatic heterocycles. The minimum atomic E-state index is 0.647. The van der Waals surface area contributed by atoms with E-state index >= 15 is 0 Å². The molecule has 56 heavy (non-hydrogen) atoms. The summed E-state index contributed by atoms with van der Waals surface area (Å²) in [7, 11) is 0. The van der Waals surface area contributed by atoms with Crippen LogP contribution in [0.1, 0.15) is 0 Å². The van der Waals surface area contributed by atoms with Crippen molar-refractivity contribution in [1.29, 1.82) is 0 Å². The number of fused-ring (bicyclic) bond motifs is 6. The molecule has 0 radical (unpaired) electrons. The third-order valence-electron chi connectivity index (χ3n) is 10.7. The maximum Gasteiger partial charge on any atom is 0.165 e. The summed E-state index contributed by atoms with van der Waals surface area (Å²) in [6, 6.07) is 68.5. The lowest BCUT2D eigenvalue weighted by atomic mass is 9.99. The van der Waals surface area contributed by atoms with Gasteiger partial charge in [-0.05, 0) is 64.7 Å². The minimum absolute atomic E-state index is 0.647. The fourth-order valence-electron chi connectivity index (χ4n) is 8.03. The van der Waals surface area contributed by atoms with Gasteiger partial charge in [-0.3, -0.25) is 0 Å². The molecular formula is C51H32N4S. The molecule has 0 aliphatic rings. The second kappa shape index (κ2) is 13.3. The highest BCUT2D eigenvalue weighted by Crippen LogP contribution is 2.42. The van der Waals surface area contributed by atoms with Crippen LogP contribution in [0.2, 0.25) is 0 Å². The molecule has 0 N–H and O–H groups in total. The number of aromatic nitrogens is 4. The standard InChI is InChI=1S/C51H32N4S/c1-4-14-33(15-5-1)34-26-28-35(29-27-34)37-30-31-46-43(32-37)39-21-12-23-42(48(39)56-46)51-53-49(36-16-6-2-7-17-36)52-50(54-51)41-22-13-25-45-47(41)40-20-10-11-24-44(40)55(45)38-18-8-3-9-19-38/h1-32H. The van der Waals surface area contributed by atoms with E-state index in [0.717, 1.165) is 48.9 Å². The Morgan fingerprint density at radius 2 is 0.893 bits per heavy atom. The Morgan fingerprint density at radius 3 is 1.66 bits per heavy atom. The molecule has 0 spiro atoms. The summed E-state index contributed by atoms with van der Waals surface area (Å²) >= 11 is 1.79. The van der Waals surface area contributed by atoms with Gasteiger partial charge in [0, 0.05) is 53.3 Å². The molecule has 11 rings (SSSR count). The van der Waals surface area contributed by atoms with Gasteiger partial charge in [0.2, 0.25) is 0 Å². The quantitative estimate of drug-likeness (QED) is 0.171. The molecule has 0 amide bonds. The molecule has 0 bridgehead atoms. The first-order valence-corrected chi connectivity index (χ1v) is 19.6. The minimum Gasteiger partial charge on any atom is -0.309 e. The lowest BCUT2D eigenvalue weighted by Gasteiger charge is -2.11. The Morgan fingerprint density at radius 1 is 0.357 bits per heavy atom. The molecule has 262 valence electrons. The topological polar surface area (TPSA) is 43.6 Å². The van der Waals surface area contributed by atoms with Crippen LogP contribution in [0.15, 0.2) is 194 Å². The molecular weight excluding hydrogens is 701 g/mol. The molecule has 8 aromatic carbocycles. The van der Waals surface area contributed by atoms with Gasteiger partial charge in [0.25, 0.3) is 0 Å². The number of nitrogens with zero attached hydrogens (tertiary/aromatic N) is 4. The largest absolute Gasteiger partial charge is 0.309 e. The molecule has 0 atom stereocenters. The van der Waals surface area contributed by atoms with Crippen molar-refractivity contribution in [3.8, 4) is 62.1 Å². The summed E-state index contributed by atoms with van der Waals surface area (Å²) in [5.41, 5.74) is 11.1. The highest BCUT2D eigenvalue weighted by atomic mass is 32.1. The Kier molecular flexibility index (Phi) is 7.64. The molecule has 3 aromatic heterocycles. The van der Waals surface area contributed by atoms with E-state index in [-0.39, 0.29) is 0 Å². The lowest BCUT2D eigenvalue weighted by molar-refractivity contribution is 1.08. The van der Waals surface area contributed by atoms with Crippen molar-refractivity contribution in [1.82, 2.24) is 19.5 Å². The van der Waals surface area contributed by atoms with Crippen LogP contribution in [0.4, 0.5) is 0 Å². The van der Waals surface area contributed by atoms with Crippen molar-refractivity contribution in [2.45, 2.75) is 0 Å². The first-order chi connectivity index (χ1) is 27.8. The third-order valence-corrected chi connectivity index (χ3v) is 11.9. The Hall–Kier alpha value is -7.21. The van der Waals surface area contributed by atoms with Gasteiger partial charge in [0.05, 0.1) is 11.0 Å². The first kappa shape index (κ1) is 32.2. The van der Waals surface area contributed by atoms with Gasteiger partial charge >= 0.3 is 0 Å². The maximum absolute atomic E-state index is 5.33.